The monoisotopic (exact) mass is 678 g/mol. The van der Waals surface area contributed by atoms with Crippen LogP contribution in [0.15, 0.2) is 78.9 Å². The van der Waals surface area contributed by atoms with Gasteiger partial charge in [0.25, 0.3) is 0 Å². The van der Waals surface area contributed by atoms with Gasteiger partial charge in [-0.3, -0.25) is 0 Å². The van der Waals surface area contributed by atoms with Gasteiger partial charge >= 0.3 is 6.11 Å². The zero-order chi connectivity index (χ0) is 34.0. The molecule has 0 aliphatic rings. The molecule has 244 valence electrons. The summed E-state index contributed by atoms with van der Waals surface area (Å²) in [5.74, 6) is -11.4. The molecular weight excluding hydrogens is 655 g/mol. The van der Waals surface area contributed by atoms with Crippen LogP contribution in [0.3, 0.4) is 0 Å². The summed E-state index contributed by atoms with van der Waals surface area (Å²) in [5.41, 5.74) is -2.98. The van der Waals surface area contributed by atoms with Gasteiger partial charge in [-0.25, -0.2) is 30.7 Å². The van der Waals surface area contributed by atoms with Gasteiger partial charge in [-0.05, 0) is 77.1 Å². The van der Waals surface area contributed by atoms with Crippen molar-refractivity contribution in [3.8, 4) is 39.1 Å². The molecular formula is C36H24ClF9O. The van der Waals surface area contributed by atoms with Crippen LogP contribution >= 0.6 is 11.6 Å². The van der Waals surface area contributed by atoms with Crippen molar-refractivity contribution in [3.05, 3.63) is 136 Å². The second-order valence-electron chi connectivity index (χ2n) is 10.8. The number of alkyl halides is 2. The van der Waals surface area contributed by atoms with E-state index in [1.54, 1.807) is 12.1 Å². The summed E-state index contributed by atoms with van der Waals surface area (Å²) in [7, 11) is 0. The largest absolute Gasteiger partial charge is 0.432 e. The van der Waals surface area contributed by atoms with Gasteiger partial charge < -0.3 is 4.74 Å². The lowest BCUT2D eigenvalue weighted by Gasteiger charge is -2.21. The molecule has 5 aromatic carbocycles. The Morgan fingerprint density at radius 1 is 0.553 bits per heavy atom. The first-order chi connectivity index (χ1) is 22.3. The number of aryl methyl sites for hydroxylation is 1. The number of benzene rings is 5. The van der Waals surface area contributed by atoms with Crippen LogP contribution in [0.5, 0.6) is 5.75 Å². The van der Waals surface area contributed by atoms with Crippen LogP contribution in [0.25, 0.3) is 33.4 Å². The molecule has 0 aliphatic carbocycles. The Balaban J connectivity index is 1.41. The normalized spacial score (nSPS) is 11.6. The van der Waals surface area contributed by atoms with E-state index in [1.165, 1.54) is 0 Å². The third-order valence-corrected chi connectivity index (χ3v) is 7.80. The van der Waals surface area contributed by atoms with Crippen molar-refractivity contribution in [2.45, 2.75) is 38.7 Å². The summed E-state index contributed by atoms with van der Waals surface area (Å²) < 4.78 is 138. The molecule has 0 N–H and O–H groups in total. The molecule has 0 heterocycles. The highest BCUT2D eigenvalue weighted by Crippen LogP contribution is 2.40. The highest BCUT2D eigenvalue weighted by molar-refractivity contribution is 6.30. The van der Waals surface area contributed by atoms with Crippen molar-refractivity contribution in [1.82, 2.24) is 0 Å². The van der Waals surface area contributed by atoms with Gasteiger partial charge in [0.2, 0.25) is 0 Å². The van der Waals surface area contributed by atoms with E-state index in [-0.39, 0.29) is 16.1 Å². The Bertz CT molecular complexity index is 1870. The standard InChI is InChI=1S/C36H24ClF9O/c1-2-3-4-5-19-6-8-20(9-7-19)22-13-27(39)34(28(40)14-22)23-15-31(43)35(32(44)16-23)36(45,46)47-24-17-29(41)33(30(42)18-24)21-10-11-25(37)26(38)12-21/h6-18H,2-5H2,1H3. The Kier molecular flexibility index (Phi) is 9.91. The van der Waals surface area contributed by atoms with Gasteiger partial charge in [-0.2, -0.15) is 8.78 Å². The molecule has 0 unspecified atom stereocenters. The number of hydrogen-bond acceptors (Lipinski definition) is 1. The molecule has 11 heteroatoms. The van der Waals surface area contributed by atoms with Crippen molar-refractivity contribution in [1.29, 1.82) is 0 Å². The zero-order valence-electron chi connectivity index (χ0n) is 24.5. The molecule has 0 saturated heterocycles. The van der Waals surface area contributed by atoms with E-state index in [2.05, 4.69) is 11.7 Å². The maximum atomic E-state index is 15.2. The maximum Gasteiger partial charge on any atom is 0.432 e. The molecule has 5 aromatic rings. The van der Waals surface area contributed by atoms with Crippen molar-refractivity contribution in [2.24, 2.45) is 0 Å². The first-order valence-corrected chi connectivity index (χ1v) is 14.8. The Hall–Kier alpha value is -4.44. The molecule has 5 rings (SSSR count). The van der Waals surface area contributed by atoms with Crippen molar-refractivity contribution in [3.63, 3.8) is 0 Å². The molecule has 47 heavy (non-hydrogen) atoms. The minimum Gasteiger partial charge on any atom is -0.429 e. The first-order valence-electron chi connectivity index (χ1n) is 14.4. The summed E-state index contributed by atoms with van der Waals surface area (Å²) in [4.78, 5) is 0. The minimum absolute atomic E-state index is 0.146. The smallest absolute Gasteiger partial charge is 0.429 e. The fraction of sp³-hybridized carbons (Fsp3) is 0.167. The second kappa shape index (κ2) is 13.7. The van der Waals surface area contributed by atoms with E-state index in [9.17, 15) is 13.2 Å². The number of rotatable bonds is 10. The number of hydrogen-bond donors (Lipinski definition) is 0. The fourth-order valence-corrected chi connectivity index (χ4v) is 5.31. The van der Waals surface area contributed by atoms with Crippen LogP contribution in [0, 0.1) is 40.7 Å². The van der Waals surface area contributed by atoms with Crippen LogP contribution in [0.1, 0.15) is 37.3 Å². The third kappa shape index (κ3) is 7.27. The lowest BCUT2D eigenvalue weighted by molar-refractivity contribution is -0.189. The molecule has 0 bridgehead atoms. The topological polar surface area (TPSA) is 9.23 Å². The van der Waals surface area contributed by atoms with Crippen LogP contribution in [0.4, 0.5) is 39.5 Å². The van der Waals surface area contributed by atoms with Gasteiger partial charge in [-0.1, -0.05) is 61.7 Å². The SMILES string of the molecule is CCCCCc1ccc(-c2cc(F)c(-c3cc(F)c(C(F)(F)Oc4cc(F)c(-c5ccc(Cl)c(F)c5)c(F)c4)c(F)c3)c(F)c2)cc1. The van der Waals surface area contributed by atoms with E-state index in [1.807, 2.05) is 12.1 Å². The van der Waals surface area contributed by atoms with Crippen LogP contribution in [-0.4, -0.2) is 0 Å². The van der Waals surface area contributed by atoms with Gasteiger partial charge in [-0.15, -0.1) is 0 Å². The molecule has 0 aromatic heterocycles. The Morgan fingerprint density at radius 3 is 1.60 bits per heavy atom. The summed E-state index contributed by atoms with van der Waals surface area (Å²) in [5, 5.41) is -0.328. The average Bonchev–Trinajstić information content (AvgIpc) is 2.98. The van der Waals surface area contributed by atoms with Crippen molar-refractivity contribution >= 4 is 11.6 Å². The van der Waals surface area contributed by atoms with E-state index >= 15 is 26.3 Å². The minimum atomic E-state index is -4.84. The highest BCUT2D eigenvalue weighted by Gasteiger charge is 2.42. The summed E-state index contributed by atoms with van der Waals surface area (Å²) in [6.07, 6.45) is -0.876. The third-order valence-electron chi connectivity index (χ3n) is 7.49. The van der Waals surface area contributed by atoms with Crippen LogP contribution in [-0.2, 0) is 12.5 Å². The number of ether oxygens (including phenoxy) is 1. The zero-order valence-corrected chi connectivity index (χ0v) is 25.3. The predicted molar refractivity (Wildman–Crippen MR) is 162 cm³/mol. The lowest BCUT2D eigenvalue weighted by Crippen LogP contribution is -2.25. The van der Waals surface area contributed by atoms with Crippen molar-refractivity contribution in [2.75, 3.05) is 0 Å². The van der Waals surface area contributed by atoms with E-state index in [4.69, 9.17) is 11.6 Å². The Morgan fingerprint density at radius 2 is 1.04 bits per heavy atom. The second-order valence-corrected chi connectivity index (χ2v) is 11.2. The molecule has 0 saturated carbocycles. The molecule has 0 spiro atoms. The van der Waals surface area contributed by atoms with Gasteiger partial charge in [0, 0.05) is 12.1 Å². The predicted octanol–water partition coefficient (Wildman–Crippen LogP) is 12.2. The average molecular weight is 679 g/mol. The quantitative estimate of drug-likeness (QED) is 0.106. The molecule has 0 atom stereocenters. The molecule has 0 amide bonds. The lowest BCUT2D eigenvalue weighted by atomic mass is 9.96. The summed E-state index contributed by atoms with van der Waals surface area (Å²) in [6, 6.07) is 13.0. The first kappa shape index (κ1) is 33.9. The number of unbranched alkanes of at least 4 members (excludes halogenated alkanes) is 2. The van der Waals surface area contributed by atoms with Crippen LogP contribution in [0.2, 0.25) is 5.02 Å². The highest BCUT2D eigenvalue weighted by atomic mass is 35.5. The maximum absolute atomic E-state index is 15.2. The van der Waals surface area contributed by atoms with E-state index in [0.29, 0.717) is 29.8 Å². The molecule has 0 aliphatic heterocycles. The van der Waals surface area contributed by atoms with Crippen molar-refractivity contribution < 1.29 is 44.3 Å². The summed E-state index contributed by atoms with van der Waals surface area (Å²) >= 11 is 5.57. The molecule has 0 fully saturated rings. The Labute approximate surface area is 269 Å². The summed E-state index contributed by atoms with van der Waals surface area (Å²) in [6.45, 7) is 2.08. The van der Waals surface area contributed by atoms with E-state index < -0.39 is 74.8 Å². The fourth-order valence-electron chi connectivity index (χ4n) is 5.19. The van der Waals surface area contributed by atoms with Gasteiger partial charge in [0.05, 0.1) is 16.1 Å². The molecule has 1 nitrogen and oxygen atoms in total. The molecule has 0 radical (unpaired) electrons. The van der Waals surface area contributed by atoms with Gasteiger partial charge in [0.15, 0.2) is 0 Å². The number of halogens is 10. The van der Waals surface area contributed by atoms with E-state index in [0.717, 1.165) is 61.6 Å². The van der Waals surface area contributed by atoms with Gasteiger partial charge in [0.1, 0.15) is 52.0 Å². The van der Waals surface area contributed by atoms with Crippen LogP contribution < -0.4 is 4.74 Å².